The molecule has 0 aliphatic carbocycles. The van der Waals surface area contributed by atoms with Crippen molar-refractivity contribution in [1.29, 1.82) is 0 Å². The first-order chi connectivity index (χ1) is 8.63. The SMILES string of the molecule is CCn1ccnc1C(=O)C(C)(CC)N1CCCC1. The van der Waals surface area contributed by atoms with E-state index in [0.29, 0.717) is 5.82 Å². The van der Waals surface area contributed by atoms with Gasteiger partial charge in [0.2, 0.25) is 5.78 Å². The number of nitrogens with zero attached hydrogens (tertiary/aromatic N) is 3. The van der Waals surface area contributed by atoms with Crippen molar-refractivity contribution in [1.82, 2.24) is 14.5 Å². The van der Waals surface area contributed by atoms with Crippen LogP contribution in [0.4, 0.5) is 0 Å². The van der Waals surface area contributed by atoms with Gasteiger partial charge in [-0.05, 0) is 46.2 Å². The second-order valence-electron chi connectivity index (χ2n) is 5.19. The molecule has 1 unspecified atom stereocenters. The van der Waals surface area contributed by atoms with Crippen molar-refractivity contribution in [3.63, 3.8) is 0 Å². The lowest BCUT2D eigenvalue weighted by atomic mass is 9.90. The van der Waals surface area contributed by atoms with E-state index in [4.69, 9.17) is 0 Å². The number of rotatable bonds is 5. The first-order valence-corrected chi connectivity index (χ1v) is 6.94. The van der Waals surface area contributed by atoms with Crippen LogP contribution in [0.1, 0.15) is 50.7 Å². The Morgan fingerprint density at radius 1 is 1.39 bits per heavy atom. The minimum atomic E-state index is -0.394. The van der Waals surface area contributed by atoms with Crippen molar-refractivity contribution < 1.29 is 4.79 Å². The number of hydrogen-bond donors (Lipinski definition) is 0. The Kier molecular flexibility index (Phi) is 3.85. The third-order valence-electron chi connectivity index (χ3n) is 4.24. The summed E-state index contributed by atoms with van der Waals surface area (Å²) >= 11 is 0. The molecule has 1 fully saturated rings. The Morgan fingerprint density at radius 2 is 2.06 bits per heavy atom. The maximum absolute atomic E-state index is 12.8. The molecule has 1 saturated heterocycles. The Balaban J connectivity index is 2.29. The Morgan fingerprint density at radius 3 is 2.61 bits per heavy atom. The maximum atomic E-state index is 12.8. The van der Waals surface area contributed by atoms with Crippen molar-refractivity contribution in [2.45, 2.75) is 52.1 Å². The average Bonchev–Trinajstić information content (AvgIpc) is 3.06. The molecule has 4 heteroatoms. The summed E-state index contributed by atoms with van der Waals surface area (Å²) < 4.78 is 1.94. The molecule has 1 atom stereocenters. The molecule has 0 N–H and O–H groups in total. The van der Waals surface area contributed by atoms with Gasteiger partial charge in [-0.15, -0.1) is 0 Å². The molecule has 18 heavy (non-hydrogen) atoms. The number of Topliss-reactive ketones (excluding diaryl/α,β-unsaturated/α-hetero) is 1. The van der Waals surface area contributed by atoms with Gasteiger partial charge in [0.25, 0.3) is 0 Å². The van der Waals surface area contributed by atoms with Crippen molar-refractivity contribution >= 4 is 5.78 Å². The Hall–Kier alpha value is -1.16. The van der Waals surface area contributed by atoms with E-state index in [1.54, 1.807) is 6.20 Å². The molecule has 2 rings (SSSR count). The summed E-state index contributed by atoms with van der Waals surface area (Å²) in [6.45, 7) is 9.05. The molecule has 0 amide bonds. The van der Waals surface area contributed by atoms with E-state index >= 15 is 0 Å². The third kappa shape index (κ3) is 2.09. The van der Waals surface area contributed by atoms with Gasteiger partial charge in [-0.3, -0.25) is 9.69 Å². The zero-order valence-electron chi connectivity index (χ0n) is 11.6. The van der Waals surface area contributed by atoms with Crippen LogP contribution in [0.5, 0.6) is 0 Å². The molecule has 0 bridgehead atoms. The quantitative estimate of drug-likeness (QED) is 0.752. The largest absolute Gasteiger partial charge is 0.329 e. The highest BCUT2D eigenvalue weighted by atomic mass is 16.1. The fourth-order valence-corrected chi connectivity index (χ4v) is 2.75. The van der Waals surface area contributed by atoms with E-state index in [-0.39, 0.29) is 5.78 Å². The molecule has 0 radical (unpaired) electrons. The zero-order chi connectivity index (χ0) is 13.2. The number of carbonyl (C=O) groups excluding carboxylic acids is 1. The standard InChI is InChI=1S/C14H23N3O/c1-4-14(3,17-9-6-7-10-17)12(18)13-15-8-11-16(13)5-2/h8,11H,4-7,9-10H2,1-3H3. The lowest BCUT2D eigenvalue weighted by molar-refractivity contribution is 0.0631. The normalized spacial score (nSPS) is 19.9. The van der Waals surface area contributed by atoms with Crippen molar-refractivity contribution in [3.05, 3.63) is 18.2 Å². The molecular formula is C14H23N3O. The van der Waals surface area contributed by atoms with Crippen molar-refractivity contribution in [3.8, 4) is 0 Å². The minimum Gasteiger partial charge on any atom is -0.329 e. The second-order valence-corrected chi connectivity index (χ2v) is 5.19. The number of likely N-dealkylation sites (tertiary alicyclic amines) is 1. The topological polar surface area (TPSA) is 38.1 Å². The summed E-state index contributed by atoms with van der Waals surface area (Å²) in [5.41, 5.74) is -0.394. The monoisotopic (exact) mass is 249 g/mol. The summed E-state index contributed by atoms with van der Waals surface area (Å²) in [7, 11) is 0. The van der Waals surface area contributed by atoms with E-state index < -0.39 is 5.54 Å². The van der Waals surface area contributed by atoms with E-state index in [1.807, 2.05) is 17.7 Å². The van der Waals surface area contributed by atoms with Crippen molar-refractivity contribution in [2.75, 3.05) is 13.1 Å². The molecule has 1 aliphatic heterocycles. The molecule has 0 spiro atoms. The van der Waals surface area contributed by atoms with Crippen LogP contribution in [-0.4, -0.2) is 38.9 Å². The van der Waals surface area contributed by atoms with Crippen LogP contribution in [0.3, 0.4) is 0 Å². The molecule has 4 nitrogen and oxygen atoms in total. The van der Waals surface area contributed by atoms with Gasteiger partial charge in [0.1, 0.15) is 0 Å². The predicted molar refractivity (Wildman–Crippen MR) is 71.7 cm³/mol. The highest BCUT2D eigenvalue weighted by Crippen LogP contribution is 2.27. The fourth-order valence-electron chi connectivity index (χ4n) is 2.75. The minimum absolute atomic E-state index is 0.166. The summed E-state index contributed by atoms with van der Waals surface area (Å²) in [5, 5.41) is 0. The first-order valence-electron chi connectivity index (χ1n) is 6.94. The van der Waals surface area contributed by atoms with Gasteiger partial charge in [-0.25, -0.2) is 4.98 Å². The molecule has 2 heterocycles. The molecule has 0 saturated carbocycles. The summed E-state index contributed by atoms with van der Waals surface area (Å²) in [4.78, 5) is 19.4. The molecule has 1 aromatic heterocycles. The lowest BCUT2D eigenvalue weighted by Crippen LogP contribution is -2.51. The van der Waals surface area contributed by atoms with Gasteiger partial charge in [0.15, 0.2) is 5.82 Å². The number of hydrogen-bond acceptors (Lipinski definition) is 3. The van der Waals surface area contributed by atoms with Gasteiger partial charge in [0.05, 0.1) is 5.54 Å². The third-order valence-corrected chi connectivity index (χ3v) is 4.24. The van der Waals surface area contributed by atoms with Crippen LogP contribution in [0.25, 0.3) is 0 Å². The lowest BCUT2D eigenvalue weighted by Gasteiger charge is -2.36. The number of aryl methyl sites for hydroxylation is 1. The van der Waals surface area contributed by atoms with Gasteiger partial charge < -0.3 is 4.57 Å². The predicted octanol–water partition coefficient (Wildman–Crippen LogP) is 2.35. The van der Waals surface area contributed by atoms with Gasteiger partial charge >= 0.3 is 0 Å². The Bertz CT molecular complexity index is 420. The summed E-state index contributed by atoms with van der Waals surface area (Å²) in [5.74, 6) is 0.771. The van der Waals surface area contributed by atoms with E-state index in [9.17, 15) is 4.79 Å². The van der Waals surface area contributed by atoms with Crippen LogP contribution in [-0.2, 0) is 6.54 Å². The molecule has 1 aromatic rings. The highest BCUT2D eigenvalue weighted by molar-refractivity contribution is 6.00. The maximum Gasteiger partial charge on any atom is 0.218 e. The van der Waals surface area contributed by atoms with E-state index in [0.717, 1.165) is 26.1 Å². The first kappa shape index (κ1) is 13.3. The molecule has 1 aliphatic rings. The van der Waals surface area contributed by atoms with Gasteiger partial charge in [-0.1, -0.05) is 6.92 Å². The van der Waals surface area contributed by atoms with E-state index in [1.165, 1.54) is 12.8 Å². The fraction of sp³-hybridized carbons (Fsp3) is 0.714. The van der Waals surface area contributed by atoms with Gasteiger partial charge in [-0.2, -0.15) is 0 Å². The number of imidazole rings is 1. The van der Waals surface area contributed by atoms with Crippen LogP contribution < -0.4 is 0 Å². The van der Waals surface area contributed by atoms with Crippen LogP contribution in [0.15, 0.2) is 12.4 Å². The van der Waals surface area contributed by atoms with Crippen molar-refractivity contribution in [2.24, 2.45) is 0 Å². The summed E-state index contributed by atoms with van der Waals surface area (Å²) in [6.07, 6.45) is 6.84. The molecular weight excluding hydrogens is 226 g/mol. The number of ketones is 1. The van der Waals surface area contributed by atoms with Crippen LogP contribution >= 0.6 is 0 Å². The van der Waals surface area contributed by atoms with Crippen LogP contribution in [0.2, 0.25) is 0 Å². The van der Waals surface area contributed by atoms with Gasteiger partial charge in [0, 0.05) is 18.9 Å². The smallest absolute Gasteiger partial charge is 0.218 e. The average molecular weight is 249 g/mol. The molecule has 0 aromatic carbocycles. The Labute approximate surface area is 109 Å². The zero-order valence-corrected chi connectivity index (χ0v) is 11.6. The van der Waals surface area contributed by atoms with E-state index in [2.05, 4.69) is 23.7 Å². The highest BCUT2D eigenvalue weighted by Gasteiger charge is 2.40. The second kappa shape index (κ2) is 5.22. The number of aromatic nitrogens is 2. The van der Waals surface area contributed by atoms with Crippen LogP contribution in [0, 0.1) is 0 Å². The summed E-state index contributed by atoms with van der Waals surface area (Å²) in [6, 6.07) is 0. The number of carbonyl (C=O) groups is 1. The molecule has 100 valence electrons.